The van der Waals surface area contributed by atoms with Crippen molar-refractivity contribution < 1.29 is 9.21 Å². The fourth-order valence-electron chi connectivity index (χ4n) is 1.32. The van der Waals surface area contributed by atoms with Gasteiger partial charge in [0.05, 0.1) is 19.0 Å². The number of carbonyl (C=O) groups is 1. The number of benzene rings is 1. The predicted octanol–water partition coefficient (Wildman–Crippen LogP) is 2.45. The molecule has 0 fully saturated rings. The monoisotopic (exact) mass is 369 g/mol. The van der Waals surface area contributed by atoms with E-state index in [0.29, 0.717) is 5.76 Å². The number of hydrogen-bond acceptors (Lipinski definition) is 4. The van der Waals surface area contributed by atoms with Crippen molar-refractivity contribution in [1.82, 2.24) is 5.43 Å². The van der Waals surface area contributed by atoms with Crippen molar-refractivity contribution in [2.24, 2.45) is 5.10 Å². The molecule has 0 aliphatic rings. The fourth-order valence-corrected chi connectivity index (χ4v) is 1.68. The first-order valence-electron chi connectivity index (χ1n) is 5.59. The third-order valence-electron chi connectivity index (χ3n) is 2.22. The second kappa shape index (κ2) is 6.93. The van der Waals surface area contributed by atoms with Crippen LogP contribution in [-0.4, -0.2) is 18.7 Å². The smallest absolute Gasteiger partial charge is 0.259 e. The molecule has 6 heteroatoms. The van der Waals surface area contributed by atoms with Crippen LogP contribution in [0.5, 0.6) is 0 Å². The zero-order valence-corrected chi connectivity index (χ0v) is 12.1. The summed E-state index contributed by atoms with van der Waals surface area (Å²) in [5, 5.41) is 6.78. The summed E-state index contributed by atoms with van der Waals surface area (Å²) in [6.07, 6.45) is 2.99. The molecule has 0 spiro atoms. The van der Waals surface area contributed by atoms with Gasteiger partial charge in [0.1, 0.15) is 5.76 Å². The van der Waals surface area contributed by atoms with Gasteiger partial charge in [-0.25, -0.2) is 5.43 Å². The normalized spacial score (nSPS) is 10.6. The van der Waals surface area contributed by atoms with Crippen LogP contribution < -0.4 is 10.7 Å². The van der Waals surface area contributed by atoms with E-state index in [4.69, 9.17) is 4.42 Å². The van der Waals surface area contributed by atoms with Gasteiger partial charge in [-0.05, 0) is 59.0 Å². The zero-order chi connectivity index (χ0) is 13.5. The molecule has 1 aromatic carbocycles. The molecule has 0 aliphatic heterocycles. The first-order chi connectivity index (χ1) is 9.24. The van der Waals surface area contributed by atoms with Crippen molar-refractivity contribution in [2.75, 3.05) is 11.9 Å². The van der Waals surface area contributed by atoms with Crippen LogP contribution in [0.25, 0.3) is 0 Å². The number of hydrazone groups is 1. The summed E-state index contributed by atoms with van der Waals surface area (Å²) in [5.41, 5.74) is 3.30. The van der Waals surface area contributed by atoms with Crippen molar-refractivity contribution in [2.45, 2.75) is 0 Å². The second-order valence-electron chi connectivity index (χ2n) is 3.67. The van der Waals surface area contributed by atoms with Crippen LogP contribution in [-0.2, 0) is 4.79 Å². The van der Waals surface area contributed by atoms with Gasteiger partial charge in [-0.2, -0.15) is 5.10 Å². The largest absolute Gasteiger partial charge is 0.463 e. The van der Waals surface area contributed by atoms with Crippen molar-refractivity contribution in [3.8, 4) is 0 Å². The van der Waals surface area contributed by atoms with Crippen LogP contribution in [0.4, 0.5) is 5.69 Å². The van der Waals surface area contributed by atoms with Crippen LogP contribution >= 0.6 is 22.6 Å². The van der Waals surface area contributed by atoms with Gasteiger partial charge in [0, 0.05) is 9.26 Å². The lowest BCUT2D eigenvalue weighted by molar-refractivity contribution is -0.119. The van der Waals surface area contributed by atoms with Gasteiger partial charge in [0.2, 0.25) is 0 Å². The molecule has 0 bridgehead atoms. The Morgan fingerprint density at radius 2 is 2.11 bits per heavy atom. The summed E-state index contributed by atoms with van der Waals surface area (Å²) in [7, 11) is 0. The second-order valence-corrected chi connectivity index (χ2v) is 4.91. The minimum absolute atomic E-state index is 0.163. The topological polar surface area (TPSA) is 66.6 Å². The molecule has 0 atom stereocenters. The fraction of sp³-hybridized carbons (Fsp3) is 0.0769. The van der Waals surface area contributed by atoms with E-state index >= 15 is 0 Å². The Kier molecular flexibility index (Phi) is 4.96. The average Bonchev–Trinajstić information content (AvgIpc) is 2.91. The molecule has 2 N–H and O–H groups in total. The van der Waals surface area contributed by atoms with Crippen molar-refractivity contribution in [3.05, 3.63) is 52.0 Å². The van der Waals surface area contributed by atoms with Crippen molar-refractivity contribution >= 4 is 40.4 Å². The Hall–Kier alpha value is -1.83. The molecule has 2 rings (SSSR count). The molecule has 0 aliphatic carbocycles. The summed E-state index contributed by atoms with van der Waals surface area (Å²) in [4.78, 5) is 11.5. The Labute approximate surface area is 124 Å². The lowest BCUT2D eigenvalue weighted by Gasteiger charge is -2.04. The number of anilines is 1. The standard InChI is InChI=1S/C13H12IN3O2/c14-10-3-5-11(6-4-10)15-9-13(18)17-16-8-12-2-1-7-19-12/h1-8,15H,9H2,(H,17,18). The molecule has 0 radical (unpaired) electrons. The maximum Gasteiger partial charge on any atom is 0.259 e. The van der Waals surface area contributed by atoms with E-state index in [-0.39, 0.29) is 12.5 Å². The number of carbonyl (C=O) groups excluding carboxylic acids is 1. The van der Waals surface area contributed by atoms with Crippen LogP contribution in [0.1, 0.15) is 5.76 Å². The number of nitrogens with zero attached hydrogens (tertiary/aromatic N) is 1. The quantitative estimate of drug-likeness (QED) is 0.484. The summed E-state index contributed by atoms with van der Waals surface area (Å²) < 4.78 is 6.19. The Morgan fingerprint density at radius 1 is 1.32 bits per heavy atom. The van der Waals surface area contributed by atoms with Crippen LogP contribution in [0.15, 0.2) is 52.2 Å². The number of rotatable bonds is 5. The molecular weight excluding hydrogens is 357 g/mol. The highest BCUT2D eigenvalue weighted by atomic mass is 127. The molecule has 5 nitrogen and oxygen atoms in total. The molecule has 0 saturated carbocycles. The lowest BCUT2D eigenvalue weighted by atomic mass is 10.3. The van der Waals surface area contributed by atoms with Crippen LogP contribution in [0.2, 0.25) is 0 Å². The Balaban J connectivity index is 1.74. The highest BCUT2D eigenvalue weighted by molar-refractivity contribution is 14.1. The van der Waals surface area contributed by atoms with Crippen molar-refractivity contribution in [1.29, 1.82) is 0 Å². The molecular formula is C13H12IN3O2. The molecule has 19 heavy (non-hydrogen) atoms. The predicted molar refractivity (Wildman–Crippen MR) is 82.1 cm³/mol. The molecule has 0 unspecified atom stereocenters. The van der Waals surface area contributed by atoms with Gasteiger partial charge in [0.25, 0.3) is 5.91 Å². The highest BCUT2D eigenvalue weighted by Gasteiger charge is 1.99. The van der Waals surface area contributed by atoms with Gasteiger partial charge >= 0.3 is 0 Å². The van der Waals surface area contributed by atoms with E-state index < -0.39 is 0 Å². The number of amides is 1. The minimum Gasteiger partial charge on any atom is -0.463 e. The van der Waals surface area contributed by atoms with Crippen LogP contribution in [0.3, 0.4) is 0 Å². The lowest BCUT2D eigenvalue weighted by Crippen LogP contribution is -2.25. The zero-order valence-electron chi connectivity index (χ0n) is 9.97. The van der Waals surface area contributed by atoms with Gasteiger partial charge in [-0.1, -0.05) is 0 Å². The molecule has 1 amide bonds. The Bertz CT molecular complexity index is 550. The summed E-state index contributed by atoms with van der Waals surface area (Å²) in [6, 6.07) is 11.3. The van der Waals surface area contributed by atoms with Gasteiger partial charge < -0.3 is 9.73 Å². The van der Waals surface area contributed by atoms with Gasteiger partial charge in [0.15, 0.2) is 0 Å². The number of hydrogen-bond donors (Lipinski definition) is 2. The number of furan rings is 1. The number of halogens is 1. The summed E-state index contributed by atoms with van der Waals surface area (Å²) in [5.74, 6) is 0.368. The molecule has 2 aromatic rings. The van der Waals surface area contributed by atoms with Gasteiger partial charge in [-0.15, -0.1) is 0 Å². The molecule has 0 saturated heterocycles. The highest BCUT2D eigenvalue weighted by Crippen LogP contribution is 2.10. The maximum absolute atomic E-state index is 11.5. The van der Waals surface area contributed by atoms with Gasteiger partial charge in [-0.3, -0.25) is 4.79 Å². The minimum atomic E-state index is -0.221. The van der Waals surface area contributed by atoms with E-state index in [1.54, 1.807) is 18.4 Å². The molecule has 1 aromatic heterocycles. The first-order valence-corrected chi connectivity index (χ1v) is 6.67. The molecule has 98 valence electrons. The third-order valence-corrected chi connectivity index (χ3v) is 2.94. The van der Waals surface area contributed by atoms with E-state index in [0.717, 1.165) is 9.26 Å². The van der Waals surface area contributed by atoms with Crippen molar-refractivity contribution in [3.63, 3.8) is 0 Å². The number of nitrogens with one attached hydrogen (secondary N) is 2. The first kappa shape index (κ1) is 13.6. The third kappa shape index (κ3) is 4.74. The van der Waals surface area contributed by atoms with E-state index in [1.807, 2.05) is 24.3 Å². The van der Waals surface area contributed by atoms with E-state index in [1.165, 1.54) is 6.21 Å². The summed E-state index contributed by atoms with van der Waals surface area (Å²) in [6.45, 7) is 0.163. The average molecular weight is 369 g/mol. The maximum atomic E-state index is 11.5. The van der Waals surface area contributed by atoms with E-state index in [9.17, 15) is 4.79 Å². The van der Waals surface area contributed by atoms with Crippen LogP contribution in [0, 0.1) is 3.57 Å². The molecule has 1 heterocycles. The SMILES string of the molecule is O=C(CNc1ccc(I)cc1)NN=Cc1ccco1. The summed E-state index contributed by atoms with van der Waals surface area (Å²) >= 11 is 2.23. The van der Waals surface area contributed by atoms with E-state index in [2.05, 4.69) is 38.4 Å². The Morgan fingerprint density at radius 3 is 2.79 bits per heavy atom.